The first-order chi connectivity index (χ1) is 15.1. The lowest BCUT2D eigenvalue weighted by Gasteiger charge is -2.18. The van der Waals surface area contributed by atoms with E-state index in [-0.39, 0.29) is 24.2 Å². The maximum absolute atomic E-state index is 13.3. The van der Waals surface area contributed by atoms with Crippen LogP contribution in [0.2, 0.25) is 0 Å². The lowest BCUT2D eigenvalue weighted by molar-refractivity contribution is -0.120. The smallest absolute Gasteiger partial charge is 0.251 e. The molecule has 1 aromatic heterocycles. The molecule has 5 nitrogen and oxygen atoms in total. The molecule has 1 atom stereocenters. The highest BCUT2D eigenvalue weighted by atomic mass is 32.1. The molecule has 0 radical (unpaired) electrons. The second-order valence-electron chi connectivity index (χ2n) is 6.98. The van der Waals surface area contributed by atoms with Gasteiger partial charge in [0.2, 0.25) is 5.91 Å². The molecule has 0 spiro atoms. The first-order valence-corrected chi connectivity index (χ1v) is 11.0. The van der Waals surface area contributed by atoms with E-state index in [1.54, 1.807) is 36.4 Å². The minimum Gasteiger partial charge on any atom is -0.494 e. The third-order valence-electron chi connectivity index (χ3n) is 4.63. The van der Waals surface area contributed by atoms with E-state index in [1.807, 2.05) is 17.5 Å². The Morgan fingerprint density at radius 2 is 1.81 bits per heavy atom. The van der Waals surface area contributed by atoms with E-state index in [1.165, 1.54) is 23.5 Å². The van der Waals surface area contributed by atoms with Gasteiger partial charge in [-0.2, -0.15) is 0 Å². The zero-order valence-electron chi connectivity index (χ0n) is 17.3. The summed E-state index contributed by atoms with van der Waals surface area (Å²) in [6.45, 7) is 2.56. The monoisotopic (exact) mass is 440 g/mol. The molecule has 0 saturated heterocycles. The summed E-state index contributed by atoms with van der Waals surface area (Å²) in [5.41, 5.74) is 1.21. The molecule has 2 aromatic carbocycles. The molecule has 7 heteroatoms. The van der Waals surface area contributed by atoms with Gasteiger partial charge in [-0.1, -0.05) is 31.5 Å². The number of thiophene rings is 1. The zero-order chi connectivity index (χ0) is 22.1. The van der Waals surface area contributed by atoms with Crippen LogP contribution in [0, 0.1) is 5.82 Å². The molecule has 2 amide bonds. The van der Waals surface area contributed by atoms with E-state index in [0.717, 1.165) is 23.3 Å². The SMILES string of the molecule is CCCCOc1ccc(C(=O)NCC(=O)NC(c2ccc(F)cc2)c2cccs2)cc1. The van der Waals surface area contributed by atoms with E-state index < -0.39 is 6.04 Å². The molecule has 0 aliphatic heterocycles. The highest BCUT2D eigenvalue weighted by Crippen LogP contribution is 2.26. The van der Waals surface area contributed by atoms with Gasteiger partial charge in [-0.25, -0.2) is 4.39 Å². The van der Waals surface area contributed by atoms with Crippen LogP contribution in [0.15, 0.2) is 66.0 Å². The molecule has 0 fully saturated rings. The van der Waals surface area contributed by atoms with E-state index in [9.17, 15) is 14.0 Å². The number of hydrogen-bond donors (Lipinski definition) is 2. The van der Waals surface area contributed by atoms with Crippen LogP contribution in [0.4, 0.5) is 4.39 Å². The van der Waals surface area contributed by atoms with Gasteiger partial charge in [0.1, 0.15) is 11.6 Å². The van der Waals surface area contributed by atoms with E-state index in [4.69, 9.17) is 4.74 Å². The maximum Gasteiger partial charge on any atom is 0.251 e. The molecule has 31 heavy (non-hydrogen) atoms. The van der Waals surface area contributed by atoms with Crippen LogP contribution in [-0.4, -0.2) is 25.0 Å². The Morgan fingerprint density at radius 3 is 2.45 bits per heavy atom. The molecule has 0 bridgehead atoms. The van der Waals surface area contributed by atoms with Crippen LogP contribution in [0.25, 0.3) is 0 Å². The highest BCUT2D eigenvalue weighted by molar-refractivity contribution is 7.10. The quantitative estimate of drug-likeness (QED) is 0.449. The number of ether oxygens (including phenoxy) is 1. The van der Waals surface area contributed by atoms with Gasteiger partial charge in [0, 0.05) is 10.4 Å². The van der Waals surface area contributed by atoms with Crippen molar-refractivity contribution in [1.82, 2.24) is 10.6 Å². The Labute approximate surface area is 185 Å². The largest absolute Gasteiger partial charge is 0.494 e. The number of rotatable bonds is 10. The summed E-state index contributed by atoms with van der Waals surface area (Å²) in [5, 5.41) is 7.46. The van der Waals surface area contributed by atoms with Gasteiger partial charge in [-0.3, -0.25) is 9.59 Å². The third kappa shape index (κ3) is 6.65. The van der Waals surface area contributed by atoms with Crippen molar-refractivity contribution < 1.29 is 18.7 Å². The fraction of sp³-hybridized carbons (Fsp3) is 0.250. The molecule has 0 aliphatic rings. The molecule has 2 N–H and O–H groups in total. The summed E-state index contributed by atoms with van der Waals surface area (Å²) < 4.78 is 18.9. The van der Waals surface area contributed by atoms with E-state index >= 15 is 0 Å². The normalized spacial score (nSPS) is 11.5. The molecule has 0 saturated carbocycles. The molecule has 0 aliphatic carbocycles. The Morgan fingerprint density at radius 1 is 1.06 bits per heavy atom. The van der Waals surface area contributed by atoms with E-state index in [2.05, 4.69) is 17.6 Å². The van der Waals surface area contributed by atoms with Gasteiger partial charge in [-0.05, 0) is 59.8 Å². The van der Waals surface area contributed by atoms with Gasteiger partial charge in [0.25, 0.3) is 5.91 Å². The van der Waals surface area contributed by atoms with Crippen molar-refractivity contribution in [3.63, 3.8) is 0 Å². The van der Waals surface area contributed by atoms with Crippen molar-refractivity contribution in [3.8, 4) is 5.75 Å². The van der Waals surface area contributed by atoms with Crippen molar-refractivity contribution in [2.24, 2.45) is 0 Å². The van der Waals surface area contributed by atoms with Crippen molar-refractivity contribution in [2.45, 2.75) is 25.8 Å². The number of hydrogen-bond acceptors (Lipinski definition) is 4. The van der Waals surface area contributed by atoms with Gasteiger partial charge >= 0.3 is 0 Å². The van der Waals surface area contributed by atoms with Crippen LogP contribution in [0.1, 0.15) is 46.6 Å². The summed E-state index contributed by atoms with van der Waals surface area (Å²) in [5.74, 6) is -0.310. The van der Waals surface area contributed by atoms with Crippen LogP contribution >= 0.6 is 11.3 Å². The topological polar surface area (TPSA) is 67.4 Å². The predicted octanol–water partition coefficient (Wildman–Crippen LogP) is 4.70. The van der Waals surface area contributed by atoms with Gasteiger partial charge < -0.3 is 15.4 Å². The lowest BCUT2D eigenvalue weighted by atomic mass is 10.1. The van der Waals surface area contributed by atoms with Crippen LogP contribution < -0.4 is 15.4 Å². The fourth-order valence-corrected chi connectivity index (χ4v) is 3.74. The Kier molecular flexibility index (Phi) is 8.18. The summed E-state index contributed by atoms with van der Waals surface area (Å²) in [7, 11) is 0. The number of halogens is 1. The Hall–Kier alpha value is -3.19. The van der Waals surface area contributed by atoms with Gasteiger partial charge in [0.05, 0.1) is 19.2 Å². The Bertz CT molecular complexity index is 973. The highest BCUT2D eigenvalue weighted by Gasteiger charge is 2.18. The van der Waals surface area contributed by atoms with Crippen LogP contribution in [0.3, 0.4) is 0 Å². The minimum absolute atomic E-state index is 0.170. The second-order valence-corrected chi connectivity index (χ2v) is 7.96. The average molecular weight is 441 g/mol. The summed E-state index contributed by atoms with van der Waals surface area (Å²) in [6, 6.07) is 16.2. The number of carbonyl (C=O) groups excluding carboxylic acids is 2. The maximum atomic E-state index is 13.3. The van der Waals surface area contributed by atoms with Crippen molar-refractivity contribution >= 4 is 23.2 Å². The summed E-state index contributed by atoms with van der Waals surface area (Å²) in [4.78, 5) is 25.8. The molecule has 3 aromatic rings. The van der Waals surface area contributed by atoms with Gasteiger partial charge in [0.15, 0.2) is 0 Å². The first-order valence-electron chi connectivity index (χ1n) is 10.2. The number of amides is 2. The Balaban J connectivity index is 1.56. The van der Waals surface area contributed by atoms with Gasteiger partial charge in [-0.15, -0.1) is 11.3 Å². The average Bonchev–Trinajstić information content (AvgIpc) is 3.32. The predicted molar refractivity (Wildman–Crippen MR) is 120 cm³/mol. The zero-order valence-corrected chi connectivity index (χ0v) is 18.1. The van der Waals surface area contributed by atoms with Crippen LogP contribution in [0.5, 0.6) is 5.75 Å². The molecule has 3 rings (SSSR count). The first kappa shape index (κ1) is 22.5. The number of carbonyl (C=O) groups is 2. The van der Waals surface area contributed by atoms with E-state index in [0.29, 0.717) is 17.9 Å². The number of nitrogens with one attached hydrogen (secondary N) is 2. The molecular formula is C24H25FN2O3S. The minimum atomic E-state index is -0.412. The fourth-order valence-electron chi connectivity index (χ4n) is 2.94. The molecular weight excluding hydrogens is 415 g/mol. The molecule has 1 unspecified atom stereocenters. The second kappa shape index (κ2) is 11.3. The number of unbranched alkanes of at least 4 members (excludes halogenated alkanes) is 1. The molecule has 162 valence electrons. The number of benzene rings is 2. The summed E-state index contributed by atoms with van der Waals surface area (Å²) >= 11 is 1.49. The van der Waals surface area contributed by atoms with Crippen LogP contribution in [-0.2, 0) is 4.79 Å². The third-order valence-corrected chi connectivity index (χ3v) is 5.57. The summed E-state index contributed by atoms with van der Waals surface area (Å²) in [6.07, 6.45) is 2.03. The van der Waals surface area contributed by atoms with Crippen molar-refractivity contribution in [1.29, 1.82) is 0 Å². The van der Waals surface area contributed by atoms with Crippen molar-refractivity contribution in [2.75, 3.05) is 13.2 Å². The standard InChI is InChI=1S/C24H25FN2O3S/c1-2-3-14-30-20-12-8-18(9-13-20)24(29)26-16-22(28)27-23(21-5-4-15-31-21)17-6-10-19(25)11-7-17/h4-13,15,23H,2-3,14,16H2,1H3,(H,26,29)(H,27,28). The van der Waals surface area contributed by atoms with Crippen molar-refractivity contribution in [3.05, 3.63) is 87.9 Å². The molecule has 1 heterocycles. The lowest BCUT2D eigenvalue weighted by Crippen LogP contribution is -2.38.